The van der Waals surface area contributed by atoms with Gasteiger partial charge in [0.25, 0.3) is 5.91 Å². The third kappa shape index (κ3) is 3.41. The fourth-order valence-electron chi connectivity index (χ4n) is 2.48. The number of rotatable bonds is 5. The number of thiazole rings is 1. The minimum atomic E-state index is -0.511. The van der Waals surface area contributed by atoms with Crippen molar-refractivity contribution < 1.29 is 28.4 Å². The molecule has 1 aliphatic rings. The summed E-state index contributed by atoms with van der Waals surface area (Å²) in [6, 6.07) is 0. The van der Waals surface area contributed by atoms with Crippen LogP contribution < -0.4 is 10.2 Å². The van der Waals surface area contributed by atoms with Crippen molar-refractivity contribution in [3.8, 4) is 0 Å². The van der Waals surface area contributed by atoms with Gasteiger partial charge in [-0.2, -0.15) is 4.99 Å². The molecule has 10 heteroatoms. The number of furan rings is 1. The molecule has 3 rings (SSSR count). The molecule has 0 radical (unpaired) electrons. The largest absolute Gasteiger partial charge is 0.466 e. The van der Waals surface area contributed by atoms with E-state index in [9.17, 15) is 14.4 Å². The number of anilines is 1. The Morgan fingerprint density at radius 1 is 1.42 bits per heavy atom. The fourth-order valence-corrected chi connectivity index (χ4v) is 3.19. The van der Waals surface area contributed by atoms with Gasteiger partial charge in [-0.1, -0.05) is 0 Å². The van der Waals surface area contributed by atoms with Crippen LogP contribution in [0.2, 0.25) is 0 Å². The van der Waals surface area contributed by atoms with Gasteiger partial charge in [-0.15, -0.1) is 11.3 Å². The summed E-state index contributed by atoms with van der Waals surface area (Å²) in [6.45, 7) is 3.62. The predicted octanol–water partition coefficient (Wildman–Crippen LogP) is 0.731. The monoisotopic (exact) mass is 377 g/mol. The summed E-state index contributed by atoms with van der Waals surface area (Å²) in [5.41, 5.74) is 0.797. The summed E-state index contributed by atoms with van der Waals surface area (Å²) in [5.74, 6) is -0.756. The number of ether oxygens (including phenoxy) is 1. The molecule has 9 nitrogen and oxygen atoms in total. The second-order valence-electron chi connectivity index (χ2n) is 5.56. The lowest BCUT2D eigenvalue weighted by Crippen LogP contribution is -3.11. The molecule has 2 aromatic heterocycles. The number of nitrogens with one attached hydrogen (secondary N) is 2. The van der Waals surface area contributed by atoms with Gasteiger partial charge < -0.3 is 9.15 Å². The third-order valence-electron chi connectivity index (χ3n) is 3.66. The number of aliphatic imine (C=N–C) groups is 1. The van der Waals surface area contributed by atoms with Crippen LogP contribution in [0.15, 0.2) is 14.8 Å². The van der Waals surface area contributed by atoms with Crippen molar-refractivity contribution in [1.82, 2.24) is 4.98 Å². The number of carbonyl (C=O) groups is 3. The number of carbonyl (C=O) groups excluding carboxylic acids is 3. The summed E-state index contributed by atoms with van der Waals surface area (Å²) < 4.78 is 10.3. The average Bonchev–Trinajstić information content (AvgIpc) is 3.15. The molecule has 3 heterocycles. The summed E-state index contributed by atoms with van der Waals surface area (Å²) >= 11 is 1.18. The van der Waals surface area contributed by atoms with E-state index in [1.54, 1.807) is 26.3 Å². The summed E-state index contributed by atoms with van der Waals surface area (Å²) in [6.07, 6.45) is 1.44. The quantitative estimate of drug-likeness (QED) is 0.743. The third-order valence-corrected chi connectivity index (χ3v) is 4.46. The Bertz CT molecular complexity index is 914. The topological polar surface area (TPSA) is 115 Å². The van der Waals surface area contributed by atoms with Crippen LogP contribution in [0.3, 0.4) is 0 Å². The summed E-state index contributed by atoms with van der Waals surface area (Å²) in [4.78, 5) is 45.2. The van der Waals surface area contributed by atoms with Gasteiger partial charge >= 0.3 is 11.9 Å². The molecule has 2 amide bonds. The van der Waals surface area contributed by atoms with Crippen molar-refractivity contribution in [2.45, 2.75) is 20.3 Å². The van der Waals surface area contributed by atoms with Gasteiger partial charge in [0.15, 0.2) is 17.0 Å². The molecule has 0 saturated heterocycles. The molecule has 0 aliphatic carbocycles. The number of quaternary nitrogens is 1. The molecule has 136 valence electrons. The minimum absolute atomic E-state index is 0.0295. The Morgan fingerprint density at radius 3 is 2.92 bits per heavy atom. The smallest absolute Gasteiger partial charge is 0.356 e. The zero-order valence-electron chi connectivity index (χ0n) is 14.4. The van der Waals surface area contributed by atoms with Gasteiger partial charge in [0.2, 0.25) is 5.88 Å². The highest BCUT2D eigenvalue weighted by Crippen LogP contribution is 2.30. The highest BCUT2D eigenvalue weighted by molar-refractivity contribution is 7.14. The highest BCUT2D eigenvalue weighted by Gasteiger charge is 2.35. The summed E-state index contributed by atoms with van der Waals surface area (Å²) in [5, 5.41) is 4.62. The van der Waals surface area contributed by atoms with Gasteiger partial charge in [-0.25, -0.2) is 14.7 Å². The van der Waals surface area contributed by atoms with Gasteiger partial charge in [0.1, 0.15) is 11.3 Å². The first kappa shape index (κ1) is 18.0. The second-order valence-corrected chi connectivity index (χ2v) is 6.42. The molecule has 1 atom stereocenters. The maximum atomic E-state index is 12.6. The Morgan fingerprint density at radius 2 is 2.19 bits per heavy atom. The lowest BCUT2D eigenvalue weighted by molar-refractivity contribution is -0.678. The minimum Gasteiger partial charge on any atom is -0.466 e. The number of amides is 2. The molecule has 0 aromatic carbocycles. The number of hydrogen-bond donors (Lipinski definition) is 2. The van der Waals surface area contributed by atoms with Crippen LogP contribution in [-0.2, 0) is 16.0 Å². The van der Waals surface area contributed by atoms with Crippen molar-refractivity contribution >= 4 is 46.5 Å². The van der Waals surface area contributed by atoms with Crippen LogP contribution in [0.5, 0.6) is 0 Å². The van der Waals surface area contributed by atoms with Gasteiger partial charge in [0, 0.05) is 5.38 Å². The van der Waals surface area contributed by atoms with E-state index in [0.717, 1.165) is 0 Å². The molecule has 2 aromatic rings. The molecule has 1 aliphatic heterocycles. The molecular formula is C16H17N4O5S+. The molecule has 0 bridgehead atoms. The number of aromatic nitrogens is 1. The predicted molar refractivity (Wildman–Crippen MR) is 93.2 cm³/mol. The van der Waals surface area contributed by atoms with Crippen molar-refractivity contribution in [1.29, 1.82) is 0 Å². The second kappa shape index (κ2) is 7.18. The van der Waals surface area contributed by atoms with E-state index in [2.05, 4.69) is 15.3 Å². The Hall–Kier alpha value is -2.85. The van der Waals surface area contributed by atoms with Gasteiger partial charge in [0.05, 0.1) is 25.8 Å². The van der Waals surface area contributed by atoms with Crippen molar-refractivity contribution in [2.75, 3.05) is 19.0 Å². The maximum absolute atomic E-state index is 12.6. The summed E-state index contributed by atoms with van der Waals surface area (Å²) in [7, 11) is 1.63. The number of fused-ring (bicyclic) bond motifs is 1. The van der Waals surface area contributed by atoms with E-state index in [-0.39, 0.29) is 35.3 Å². The van der Waals surface area contributed by atoms with E-state index < -0.39 is 5.91 Å². The number of esters is 1. The zero-order valence-corrected chi connectivity index (χ0v) is 15.2. The van der Waals surface area contributed by atoms with E-state index in [4.69, 9.17) is 9.15 Å². The van der Waals surface area contributed by atoms with Crippen molar-refractivity contribution in [2.24, 2.45) is 4.99 Å². The van der Waals surface area contributed by atoms with E-state index in [1.807, 2.05) is 0 Å². The van der Waals surface area contributed by atoms with Gasteiger partial charge in [-0.05, 0) is 13.8 Å². The molecule has 0 spiro atoms. The Balaban J connectivity index is 1.79. The number of hydrogen-bond acceptors (Lipinski definition) is 8. The molecule has 1 unspecified atom stereocenters. The van der Waals surface area contributed by atoms with E-state index >= 15 is 0 Å². The van der Waals surface area contributed by atoms with Crippen LogP contribution in [0.4, 0.5) is 11.0 Å². The van der Waals surface area contributed by atoms with Crippen molar-refractivity contribution in [3.05, 3.63) is 28.0 Å². The molecule has 0 saturated carbocycles. The maximum Gasteiger partial charge on any atom is 0.356 e. The van der Waals surface area contributed by atoms with Gasteiger partial charge in [-0.3, -0.25) is 14.9 Å². The first-order chi connectivity index (χ1) is 12.4. The van der Waals surface area contributed by atoms with Crippen LogP contribution in [0.1, 0.15) is 39.1 Å². The molecule has 26 heavy (non-hydrogen) atoms. The highest BCUT2D eigenvalue weighted by atomic mass is 32.1. The Labute approximate surface area is 152 Å². The standard InChI is InChI=1S/C16H16N4O5S/c1-4-24-10(21)5-9-6-26-16(18-9)19-13(22)11-8(2)25-14-12(11)15(23)20(3)7-17-14/h6-7H,4-5H2,1-3H3,(H,18,19,22)/p+1. The lowest BCUT2D eigenvalue weighted by Gasteiger charge is -2.09. The molecule has 0 fully saturated rings. The first-order valence-corrected chi connectivity index (χ1v) is 8.75. The van der Waals surface area contributed by atoms with Crippen LogP contribution >= 0.6 is 11.3 Å². The number of aryl methyl sites for hydroxylation is 1. The fraction of sp³-hybridized carbons (Fsp3) is 0.312. The molecule has 2 N–H and O–H groups in total. The zero-order chi connectivity index (χ0) is 18.8. The van der Waals surface area contributed by atoms with E-state index in [1.165, 1.54) is 17.7 Å². The normalized spacial score (nSPS) is 15.7. The number of nitrogens with zero attached hydrogens (tertiary/aromatic N) is 2. The lowest BCUT2D eigenvalue weighted by atomic mass is 10.1. The average molecular weight is 377 g/mol. The first-order valence-electron chi connectivity index (χ1n) is 7.87. The Kier molecular flexibility index (Phi) is 4.96. The molecular weight excluding hydrogens is 360 g/mol. The van der Waals surface area contributed by atoms with Crippen molar-refractivity contribution in [3.63, 3.8) is 0 Å². The SMILES string of the molecule is CCOC(=O)Cc1csc(NC(=O)c2c(C)oc3c2C(=O)[NH+](C)C=N3)n1. The van der Waals surface area contributed by atoms with Crippen LogP contribution in [0.25, 0.3) is 0 Å². The van der Waals surface area contributed by atoms with E-state index in [0.29, 0.717) is 28.1 Å². The van der Waals surface area contributed by atoms with Crippen LogP contribution in [0, 0.1) is 6.92 Å². The van der Waals surface area contributed by atoms with Crippen LogP contribution in [-0.4, -0.2) is 42.8 Å².